The number of hydrogen-bond acceptors (Lipinski definition) is 3. The Balaban J connectivity index is 0.00000144. The van der Waals surface area contributed by atoms with Crippen molar-refractivity contribution in [1.29, 1.82) is 0 Å². The Morgan fingerprint density at radius 3 is 2.71 bits per heavy atom. The Hall–Kier alpha value is -0.640. The van der Waals surface area contributed by atoms with Crippen molar-refractivity contribution in [2.45, 2.75) is 25.3 Å². The van der Waals surface area contributed by atoms with Gasteiger partial charge in [0.25, 0.3) is 0 Å². The van der Waals surface area contributed by atoms with Crippen LogP contribution in [-0.4, -0.2) is 12.2 Å². The molecule has 1 aromatic carbocycles. The number of methoxy groups -OCH3 is 1. The van der Waals surface area contributed by atoms with E-state index in [9.17, 15) is 5.11 Å². The fourth-order valence-corrected chi connectivity index (χ4v) is 2.09. The van der Waals surface area contributed by atoms with Gasteiger partial charge in [0.05, 0.1) is 17.7 Å². The molecule has 0 saturated heterocycles. The standard InChI is InChI=1S/C12H16ClNO2.ClH/c1-16-10-5-4-8(13)12(15)11(10)9(14)6-7-2-3-7;/h4-5,7,9,15H,2-3,6,14H2,1H3;1H/t9-;/m1./s1. The maximum absolute atomic E-state index is 9.92. The van der Waals surface area contributed by atoms with E-state index in [4.69, 9.17) is 22.1 Å². The molecule has 0 spiro atoms. The molecule has 17 heavy (non-hydrogen) atoms. The van der Waals surface area contributed by atoms with Crippen molar-refractivity contribution in [3.63, 3.8) is 0 Å². The largest absolute Gasteiger partial charge is 0.506 e. The van der Waals surface area contributed by atoms with Gasteiger partial charge in [-0.3, -0.25) is 0 Å². The van der Waals surface area contributed by atoms with Gasteiger partial charge >= 0.3 is 0 Å². The Bertz CT molecular complexity index is 394. The molecule has 0 bridgehead atoms. The molecule has 96 valence electrons. The number of ether oxygens (including phenoxy) is 1. The maximum atomic E-state index is 9.92. The third-order valence-electron chi connectivity index (χ3n) is 3.00. The fraction of sp³-hybridized carbons (Fsp3) is 0.500. The first kappa shape index (κ1) is 14.4. The van der Waals surface area contributed by atoms with Crippen LogP contribution in [0.15, 0.2) is 12.1 Å². The highest BCUT2D eigenvalue weighted by atomic mass is 35.5. The zero-order valence-electron chi connectivity index (χ0n) is 9.65. The molecule has 1 aromatic rings. The third-order valence-corrected chi connectivity index (χ3v) is 3.31. The average molecular weight is 278 g/mol. The molecule has 3 N–H and O–H groups in total. The number of benzene rings is 1. The number of hydrogen-bond donors (Lipinski definition) is 2. The number of phenolic OH excluding ortho intramolecular Hbond substituents is 1. The maximum Gasteiger partial charge on any atom is 0.142 e. The van der Waals surface area contributed by atoms with Crippen molar-refractivity contribution >= 4 is 24.0 Å². The molecule has 1 fully saturated rings. The van der Waals surface area contributed by atoms with Crippen LogP contribution in [0.25, 0.3) is 0 Å². The molecule has 0 unspecified atom stereocenters. The predicted molar refractivity (Wildman–Crippen MR) is 71.2 cm³/mol. The van der Waals surface area contributed by atoms with Gasteiger partial charge in [-0.2, -0.15) is 0 Å². The summed E-state index contributed by atoms with van der Waals surface area (Å²) < 4.78 is 5.21. The highest BCUT2D eigenvalue weighted by molar-refractivity contribution is 6.32. The number of halogens is 2. The Morgan fingerprint density at radius 2 is 2.18 bits per heavy atom. The SMILES string of the molecule is COc1ccc(Cl)c(O)c1[C@H](N)CC1CC1.Cl. The second-order valence-corrected chi connectivity index (χ2v) is 4.70. The van der Waals surface area contributed by atoms with Crippen molar-refractivity contribution in [2.24, 2.45) is 11.7 Å². The van der Waals surface area contributed by atoms with E-state index in [0.29, 0.717) is 22.3 Å². The Kier molecular flexibility index (Phi) is 4.92. The summed E-state index contributed by atoms with van der Waals surface area (Å²) in [6, 6.07) is 3.15. The minimum absolute atomic E-state index is 0. The third kappa shape index (κ3) is 3.18. The van der Waals surface area contributed by atoms with Gasteiger partial charge in [0.2, 0.25) is 0 Å². The zero-order chi connectivity index (χ0) is 11.7. The normalized spacial score (nSPS) is 16.2. The van der Waals surface area contributed by atoms with Crippen LogP contribution in [0.2, 0.25) is 5.02 Å². The van der Waals surface area contributed by atoms with Crippen molar-refractivity contribution in [2.75, 3.05) is 7.11 Å². The first-order valence-electron chi connectivity index (χ1n) is 5.44. The van der Waals surface area contributed by atoms with Gasteiger partial charge in [0, 0.05) is 6.04 Å². The monoisotopic (exact) mass is 277 g/mol. The molecule has 1 aliphatic rings. The topological polar surface area (TPSA) is 55.5 Å². The van der Waals surface area contributed by atoms with Crippen molar-refractivity contribution < 1.29 is 9.84 Å². The van der Waals surface area contributed by atoms with E-state index in [0.717, 1.165) is 6.42 Å². The van der Waals surface area contributed by atoms with Crippen LogP contribution >= 0.6 is 24.0 Å². The Morgan fingerprint density at radius 1 is 1.53 bits per heavy atom. The van der Waals surface area contributed by atoms with Gasteiger partial charge < -0.3 is 15.6 Å². The summed E-state index contributed by atoms with van der Waals surface area (Å²) in [6.07, 6.45) is 3.35. The smallest absolute Gasteiger partial charge is 0.142 e. The molecule has 5 heteroatoms. The van der Waals surface area contributed by atoms with Crippen LogP contribution in [0.1, 0.15) is 30.9 Å². The quantitative estimate of drug-likeness (QED) is 0.888. The van der Waals surface area contributed by atoms with E-state index in [2.05, 4.69) is 0 Å². The summed E-state index contributed by atoms with van der Waals surface area (Å²) in [7, 11) is 1.57. The fourth-order valence-electron chi connectivity index (χ4n) is 1.93. The first-order valence-corrected chi connectivity index (χ1v) is 5.82. The molecular weight excluding hydrogens is 261 g/mol. The van der Waals surface area contributed by atoms with Crippen molar-refractivity contribution in [1.82, 2.24) is 0 Å². The van der Waals surface area contributed by atoms with Crippen molar-refractivity contribution in [3.05, 3.63) is 22.7 Å². The van der Waals surface area contributed by atoms with E-state index >= 15 is 0 Å². The summed E-state index contributed by atoms with van der Waals surface area (Å²) in [5, 5.41) is 10.2. The minimum atomic E-state index is -0.207. The van der Waals surface area contributed by atoms with Gasteiger partial charge in [-0.05, 0) is 24.5 Å². The second-order valence-electron chi connectivity index (χ2n) is 4.30. The predicted octanol–water partition coefficient (Wildman–Crippen LogP) is 3.28. The van der Waals surface area contributed by atoms with Crippen LogP contribution < -0.4 is 10.5 Å². The molecule has 2 rings (SSSR count). The van der Waals surface area contributed by atoms with Gasteiger partial charge in [0.15, 0.2) is 0 Å². The molecule has 0 heterocycles. The number of phenols is 1. The highest BCUT2D eigenvalue weighted by Crippen LogP contribution is 2.43. The van der Waals surface area contributed by atoms with Crippen LogP contribution in [0, 0.1) is 5.92 Å². The highest BCUT2D eigenvalue weighted by Gasteiger charge is 2.27. The van der Waals surface area contributed by atoms with Gasteiger partial charge in [-0.15, -0.1) is 12.4 Å². The number of aromatic hydroxyl groups is 1. The number of rotatable bonds is 4. The molecule has 1 saturated carbocycles. The van der Waals surface area contributed by atoms with E-state index in [1.165, 1.54) is 12.8 Å². The molecule has 3 nitrogen and oxygen atoms in total. The van der Waals surface area contributed by atoms with E-state index in [1.54, 1.807) is 19.2 Å². The molecule has 0 amide bonds. The lowest BCUT2D eigenvalue weighted by Gasteiger charge is -2.17. The molecule has 0 aliphatic heterocycles. The minimum Gasteiger partial charge on any atom is -0.506 e. The summed E-state index contributed by atoms with van der Waals surface area (Å²) in [4.78, 5) is 0. The molecule has 1 aliphatic carbocycles. The van der Waals surface area contributed by atoms with E-state index < -0.39 is 0 Å². The molecule has 0 aromatic heterocycles. The Labute approximate surface area is 112 Å². The molecular formula is C12H17Cl2NO2. The lowest BCUT2D eigenvalue weighted by atomic mass is 10.00. The van der Waals surface area contributed by atoms with Crippen LogP contribution in [0.5, 0.6) is 11.5 Å². The average Bonchev–Trinajstić information content (AvgIpc) is 3.05. The van der Waals surface area contributed by atoms with Crippen molar-refractivity contribution in [3.8, 4) is 11.5 Å². The summed E-state index contributed by atoms with van der Waals surface area (Å²) in [5.41, 5.74) is 6.71. The van der Waals surface area contributed by atoms with Crippen LogP contribution in [0.4, 0.5) is 0 Å². The van der Waals surface area contributed by atoms with Crippen LogP contribution in [0.3, 0.4) is 0 Å². The lowest BCUT2D eigenvalue weighted by Crippen LogP contribution is -2.12. The summed E-state index contributed by atoms with van der Waals surface area (Å²) >= 11 is 5.88. The summed E-state index contributed by atoms with van der Waals surface area (Å²) in [6.45, 7) is 0. The van der Waals surface area contributed by atoms with E-state index in [1.807, 2.05) is 0 Å². The second kappa shape index (κ2) is 5.80. The molecule has 1 atom stereocenters. The lowest BCUT2D eigenvalue weighted by molar-refractivity contribution is 0.389. The zero-order valence-corrected chi connectivity index (χ0v) is 11.2. The summed E-state index contributed by atoms with van der Waals surface area (Å²) in [5.74, 6) is 1.35. The van der Waals surface area contributed by atoms with Gasteiger partial charge in [-0.25, -0.2) is 0 Å². The van der Waals surface area contributed by atoms with Crippen LogP contribution in [-0.2, 0) is 0 Å². The van der Waals surface area contributed by atoms with E-state index in [-0.39, 0.29) is 24.2 Å². The van der Waals surface area contributed by atoms with Gasteiger partial charge in [0.1, 0.15) is 11.5 Å². The number of nitrogens with two attached hydrogens (primary N) is 1. The first-order chi connectivity index (χ1) is 7.63. The molecule has 0 radical (unpaired) electrons. The van der Waals surface area contributed by atoms with Gasteiger partial charge in [-0.1, -0.05) is 24.4 Å².